The SMILES string of the molecule is C[C@H](Nc1nccc(N2C(=O)OC[C@@H]2[C@H](C)F)n1)c1ccc(-c2ccc(NC(=O)/C=C/c3cccnc3)cc2)cc1. The summed E-state index contributed by atoms with van der Waals surface area (Å²) in [5, 5.41) is 6.10. The predicted molar refractivity (Wildman–Crippen MR) is 156 cm³/mol. The average molecular weight is 553 g/mol. The first-order valence-electron chi connectivity index (χ1n) is 13.2. The van der Waals surface area contributed by atoms with Crippen molar-refractivity contribution < 1.29 is 18.7 Å². The molecule has 208 valence electrons. The molecule has 5 rings (SSSR count). The monoisotopic (exact) mass is 552 g/mol. The first-order valence-corrected chi connectivity index (χ1v) is 13.2. The van der Waals surface area contributed by atoms with Crippen LogP contribution in [-0.4, -0.2) is 45.8 Å². The van der Waals surface area contributed by atoms with E-state index >= 15 is 0 Å². The van der Waals surface area contributed by atoms with Crippen LogP contribution < -0.4 is 15.5 Å². The fourth-order valence-corrected chi connectivity index (χ4v) is 4.41. The van der Waals surface area contributed by atoms with Crippen molar-refractivity contribution >= 4 is 35.5 Å². The molecule has 3 atom stereocenters. The molecule has 1 fully saturated rings. The van der Waals surface area contributed by atoms with Gasteiger partial charge < -0.3 is 15.4 Å². The molecular weight excluding hydrogens is 523 g/mol. The Morgan fingerprint density at radius 3 is 2.46 bits per heavy atom. The molecule has 3 heterocycles. The number of aromatic nitrogens is 3. The number of ether oxygens (including phenoxy) is 1. The number of halogens is 1. The van der Waals surface area contributed by atoms with Gasteiger partial charge in [-0.2, -0.15) is 4.98 Å². The maximum absolute atomic E-state index is 14.0. The Kier molecular flexibility index (Phi) is 8.28. The van der Waals surface area contributed by atoms with E-state index in [0.29, 0.717) is 11.6 Å². The van der Waals surface area contributed by atoms with Gasteiger partial charge >= 0.3 is 6.09 Å². The van der Waals surface area contributed by atoms with E-state index in [-0.39, 0.29) is 24.4 Å². The Labute approximate surface area is 237 Å². The van der Waals surface area contributed by atoms with Gasteiger partial charge in [-0.25, -0.2) is 14.2 Å². The largest absolute Gasteiger partial charge is 0.447 e. The topological polar surface area (TPSA) is 109 Å². The number of hydrogen-bond acceptors (Lipinski definition) is 7. The zero-order valence-electron chi connectivity index (χ0n) is 22.6. The molecule has 0 radical (unpaired) electrons. The van der Waals surface area contributed by atoms with Crippen LogP contribution in [0.5, 0.6) is 0 Å². The Morgan fingerprint density at radius 2 is 1.78 bits per heavy atom. The molecule has 0 aliphatic carbocycles. The Morgan fingerprint density at radius 1 is 1.05 bits per heavy atom. The third-order valence-corrected chi connectivity index (χ3v) is 6.68. The van der Waals surface area contributed by atoms with Gasteiger partial charge in [-0.15, -0.1) is 0 Å². The molecule has 41 heavy (non-hydrogen) atoms. The highest BCUT2D eigenvalue weighted by Crippen LogP contribution is 2.27. The van der Waals surface area contributed by atoms with Crippen LogP contribution >= 0.6 is 0 Å². The van der Waals surface area contributed by atoms with Gasteiger partial charge in [-0.05, 0) is 66.4 Å². The summed E-state index contributed by atoms with van der Waals surface area (Å²) in [5.74, 6) is 0.377. The number of carbonyl (C=O) groups is 2. The number of pyridine rings is 1. The Bertz CT molecular complexity index is 1530. The lowest BCUT2D eigenvalue weighted by Gasteiger charge is -2.22. The number of amides is 2. The number of nitrogens with one attached hydrogen (secondary N) is 2. The zero-order valence-corrected chi connectivity index (χ0v) is 22.6. The minimum absolute atomic E-state index is 0.0203. The molecule has 2 amide bonds. The molecule has 10 heteroatoms. The van der Waals surface area contributed by atoms with Crippen molar-refractivity contribution in [1.29, 1.82) is 0 Å². The zero-order chi connectivity index (χ0) is 28.8. The van der Waals surface area contributed by atoms with Gasteiger partial charge in [0.1, 0.15) is 24.6 Å². The first-order chi connectivity index (χ1) is 19.9. The number of anilines is 3. The molecule has 0 bridgehead atoms. The van der Waals surface area contributed by atoms with Crippen LogP contribution in [0.1, 0.15) is 31.0 Å². The van der Waals surface area contributed by atoms with Crippen LogP contribution in [0.15, 0.2) is 91.4 Å². The van der Waals surface area contributed by atoms with E-state index in [1.807, 2.05) is 67.6 Å². The van der Waals surface area contributed by atoms with E-state index in [0.717, 1.165) is 22.3 Å². The molecule has 1 aliphatic heterocycles. The second-order valence-corrected chi connectivity index (χ2v) is 9.60. The molecule has 0 saturated carbocycles. The lowest BCUT2D eigenvalue weighted by molar-refractivity contribution is -0.111. The number of benzene rings is 2. The molecule has 1 aliphatic rings. The maximum Gasteiger partial charge on any atom is 0.416 e. The average Bonchev–Trinajstić information content (AvgIpc) is 3.39. The molecule has 0 spiro atoms. The Balaban J connectivity index is 1.20. The number of rotatable bonds is 9. The van der Waals surface area contributed by atoms with E-state index < -0.39 is 18.3 Å². The van der Waals surface area contributed by atoms with Crippen LogP contribution in [0.25, 0.3) is 17.2 Å². The first kappa shape index (κ1) is 27.4. The number of alkyl halides is 1. The highest BCUT2D eigenvalue weighted by molar-refractivity contribution is 6.02. The number of nitrogens with zero attached hydrogens (tertiary/aromatic N) is 4. The summed E-state index contributed by atoms with van der Waals surface area (Å²) in [7, 11) is 0. The predicted octanol–water partition coefficient (Wildman–Crippen LogP) is 6.05. The fraction of sp³-hybridized carbons (Fsp3) is 0.194. The number of hydrogen-bond donors (Lipinski definition) is 2. The van der Waals surface area contributed by atoms with Crippen LogP contribution in [-0.2, 0) is 9.53 Å². The summed E-state index contributed by atoms with van der Waals surface area (Å²) >= 11 is 0. The lowest BCUT2D eigenvalue weighted by Crippen LogP contribution is -2.39. The van der Waals surface area contributed by atoms with Crippen molar-refractivity contribution in [2.75, 3.05) is 22.1 Å². The van der Waals surface area contributed by atoms with E-state index in [1.54, 1.807) is 24.5 Å². The molecule has 4 aromatic rings. The van der Waals surface area contributed by atoms with Crippen molar-refractivity contribution in [2.45, 2.75) is 32.1 Å². The highest BCUT2D eigenvalue weighted by atomic mass is 19.1. The van der Waals surface area contributed by atoms with Gasteiger partial charge in [-0.1, -0.05) is 42.5 Å². The third-order valence-electron chi connectivity index (χ3n) is 6.68. The van der Waals surface area contributed by atoms with Crippen molar-refractivity contribution in [3.05, 3.63) is 103 Å². The maximum atomic E-state index is 14.0. The van der Waals surface area contributed by atoms with Crippen LogP contribution in [0.4, 0.5) is 26.6 Å². The summed E-state index contributed by atoms with van der Waals surface area (Å²) in [6.45, 7) is 3.34. The van der Waals surface area contributed by atoms with Gasteiger partial charge in [0, 0.05) is 30.4 Å². The van der Waals surface area contributed by atoms with E-state index in [4.69, 9.17) is 4.74 Å². The summed E-state index contributed by atoms with van der Waals surface area (Å²) in [6.07, 6.45) is 6.19. The quantitative estimate of drug-likeness (QED) is 0.243. The standard InChI is InChI=1S/C31H29FN6O3/c1-20(32)27-19-41-31(40)38(27)28-15-17-34-30(37-28)35-21(2)23-6-8-24(9-7-23)25-10-12-26(13-11-25)36-29(39)14-5-22-4-3-16-33-18-22/h3-18,20-21,27H,19H2,1-2H3,(H,36,39)(H,34,35,37)/b14-5+/t20-,21-,27+/m0/s1. The fourth-order valence-electron chi connectivity index (χ4n) is 4.41. The molecule has 2 N–H and O–H groups in total. The summed E-state index contributed by atoms with van der Waals surface area (Å²) in [6, 6.07) is 20.0. The second-order valence-electron chi connectivity index (χ2n) is 9.60. The number of carbonyl (C=O) groups excluding carboxylic acids is 2. The van der Waals surface area contributed by atoms with Gasteiger partial charge in [0.05, 0.1) is 6.04 Å². The van der Waals surface area contributed by atoms with Crippen molar-refractivity contribution in [2.24, 2.45) is 0 Å². The van der Waals surface area contributed by atoms with E-state index in [2.05, 4.69) is 25.6 Å². The molecule has 2 aromatic heterocycles. The second kappa shape index (κ2) is 12.4. The molecule has 2 aromatic carbocycles. The van der Waals surface area contributed by atoms with E-state index in [9.17, 15) is 14.0 Å². The van der Waals surface area contributed by atoms with Gasteiger partial charge in [0.15, 0.2) is 0 Å². The van der Waals surface area contributed by atoms with Gasteiger partial charge in [-0.3, -0.25) is 14.7 Å². The Hall–Kier alpha value is -5.12. The van der Waals surface area contributed by atoms with Gasteiger partial charge in [0.2, 0.25) is 11.9 Å². The lowest BCUT2D eigenvalue weighted by atomic mass is 10.0. The summed E-state index contributed by atoms with van der Waals surface area (Å²) < 4.78 is 19.0. The van der Waals surface area contributed by atoms with Crippen molar-refractivity contribution in [3.8, 4) is 11.1 Å². The van der Waals surface area contributed by atoms with E-state index in [1.165, 1.54) is 24.1 Å². The summed E-state index contributed by atoms with van der Waals surface area (Å²) in [4.78, 5) is 38.3. The normalized spacial score (nSPS) is 16.3. The molecule has 9 nitrogen and oxygen atoms in total. The number of cyclic esters (lactones) is 1. The summed E-state index contributed by atoms with van der Waals surface area (Å²) in [5.41, 5.74) is 4.57. The molecular formula is C31H29FN6O3. The minimum Gasteiger partial charge on any atom is -0.447 e. The third kappa shape index (κ3) is 6.73. The van der Waals surface area contributed by atoms with Crippen LogP contribution in [0.3, 0.4) is 0 Å². The van der Waals surface area contributed by atoms with Crippen molar-refractivity contribution in [3.63, 3.8) is 0 Å². The van der Waals surface area contributed by atoms with Crippen LogP contribution in [0.2, 0.25) is 0 Å². The molecule has 0 unspecified atom stereocenters. The minimum atomic E-state index is -1.26. The highest BCUT2D eigenvalue weighted by Gasteiger charge is 2.39. The van der Waals surface area contributed by atoms with Crippen molar-refractivity contribution in [1.82, 2.24) is 15.0 Å². The van der Waals surface area contributed by atoms with Crippen LogP contribution in [0, 0.1) is 0 Å². The molecule has 1 saturated heterocycles. The van der Waals surface area contributed by atoms with Gasteiger partial charge in [0.25, 0.3) is 0 Å². The smallest absolute Gasteiger partial charge is 0.416 e.